The molecule has 0 saturated heterocycles. The molecule has 0 spiro atoms. The molecule has 3 aromatic rings. The summed E-state index contributed by atoms with van der Waals surface area (Å²) in [6.45, 7) is 3.96. The molecular formula is C18H17N5O5. The largest absolute Gasteiger partial charge is 0.310 e. The number of nitro benzene ring substituents is 2. The van der Waals surface area contributed by atoms with Gasteiger partial charge in [-0.2, -0.15) is 0 Å². The molecule has 10 heteroatoms. The zero-order valence-corrected chi connectivity index (χ0v) is 15.2. The van der Waals surface area contributed by atoms with Gasteiger partial charge in [-0.3, -0.25) is 30.3 Å². The minimum atomic E-state index is -0.768. The summed E-state index contributed by atoms with van der Waals surface area (Å²) < 4.78 is 1.83. The number of nitrogens with one attached hydrogen (secondary N) is 1. The van der Waals surface area contributed by atoms with Crippen LogP contribution in [0.3, 0.4) is 0 Å². The van der Waals surface area contributed by atoms with Crippen LogP contribution in [0, 0.1) is 27.2 Å². The van der Waals surface area contributed by atoms with E-state index in [0.717, 1.165) is 24.1 Å². The van der Waals surface area contributed by atoms with Gasteiger partial charge in [0, 0.05) is 18.2 Å². The zero-order chi connectivity index (χ0) is 20.4. The molecule has 144 valence electrons. The lowest BCUT2D eigenvalue weighted by Gasteiger charge is -2.10. The Labute approximate surface area is 159 Å². The van der Waals surface area contributed by atoms with Crippen LogP contribution in [0.1, 0.15) is 29.3 Å². The molecule has 1 aromatic heterocycles. The lowest BCUT2D eigenvalue weighted by molar-refractivity contribution is -0.394. The number of non-ortho nitro benzene ring substituents is 1. The normalized spacial score (nSPS) is 10.8. The number of nitro groups is 2. The molecule has 2 aromatic carbocycles. The summed E-state index contributed by atoms with van der Waals surface area (Å²) >= 11 is 0. The van der Waals surface area contributed by atoms with Crippen LogP contribution in [0.2, 0.25) is 0 Å². The van der Waals surface area contributed by atoms with Crippen molar-refractivity contribution in [3.8, 4) is 0 Å². The molecule has 28 heavy (non-hydrogen) atoms. The first kappa shape index (κ1) is 19.0. The monoisotopic (exact) mass is 383 g/mol. The highest BCUT2D eigenvalue weighted by atomic mass is 16.6. The number of carbonyl (C=O) groups excluding carboxylic acids is 1. The third-order valence-corrected chi connectivity index (χ3v) is 4.34. The SMILES string of the molecule is CCCn1c(NC(=O)c2cc([N+](=O)[O-])cc([N+](=O)[O-])c2C)nc2ccccc21. The first-order valence-corrected chi connectivity index (χ1v) is 8.53. The van der Waals surface area contributed by atoms with Crippen LogP contribution < -0.4 is 5.32 Å². The van der Waals surface area contributed by atoms with Crippen LogP contribution in [-0.2, 0) is 6.54 Å². The van der Waals surface area contributed by atoms with Crippen molar-refractivity contribution in [3.05, 3.63) is 67.8 Å². The van der Waals surface area contributed by atoms with E-state index in [4.69, 9.17) is 0 Å². The maximum atomic E-state index is 12.8. The van der Waals surface area contributed by atoms with E-state index in [2.05, 4.69) is 10.3 Å². The van der Waals surface area contributed by atoms with Gasteiger partial charge in [0.25, 0.3) is 17.3 Å². The lowest BCUT2D eigenvalue weighted by atomic mass is 10.0. The van der Waals surface area contributed by atoms with Crippen molar-refractivity contribution < 1.29 is 14.6 Å². The third-order valence-electron chi connectivity index (χ3n) is 4.34. The van der Waals surface area contributed by atoms with E-state index in [1.165, 1.54) is 6.92 Å². The van der Waals surface area contributed by atoms with Gasteiger partial charge in [0.05, 0.1) is 32.5 Å². The number of para-hydroxylation sites is 2. The number of fused-ring (bicyclic) bond motifs is 1. The Balaban J connectivity index is 2.06. The van der Waals surface area contributed by atoms with Gasteiger partial charge in [0.15, 0.2) is 0 Å². The molecule has 3 rings (SSSR count). The van der Waals surface area contributed by atoms with Crippen LogP contribution >= 0.6 is 0 Å². The first-order chi connectivity index (χ1) is 13.3. The van der Waals surface area contributed by atoms with Crippen LogP contribution in [0.4, 0.5) is 17.3 Å². The van der Waals surface area contributed by atoms with Crippen LogP contribution in [0.5, 0.6) is 0 Å². The predicted octanol–water partition coefficient (Wildman–Crippen LogP) is 3.82. The molecule has 0 fully saturated rings. The Morgan fingerprint density at radius 2 is 1.89 bits per heavy atom. The molecule has 0 aliphatic heterocycles. The number of hydrogen-bond donors (Lipinski definition) is 1. The summed E-state index contributed by atoms with van der Waals surface area (Å²) in [4.78, 5) is 38.0. The fourth-order valence-electron chi connectivity index (χ4n) is 3.00. The number of benzene rings is 2. The lowest BCUT2D eigenvalue weighted by Crippen LogP contribution is -2.18. The van der Waals surface area contributed by atoms with Crippen molar-refractivity contribution in [3.63, 3.8) is 0 Å². The molecule has 0 radical (unpaired) electrons. The maximum Gasteiger partial charge on any atom is 0.279 e. The van der Waals surface area contributed by atoms with E-state index in [0.29, 0.717) is 12.1 Å². The Morgan fingerprint density at radius 1 is 1.18 bits per heavy atom. The highest BCUT2D eigenvalue weighted by Gasteiger charge is 2.25. The van der Waals surface area contributed by atoms with Gasteiger partial charge in [-0.05, 0) is 25.5 Å². The van der Waals surface area contributed by atoms with Crippen molar-refractivity contribution >= 4 is 34.3 Å². The Morgan fingerprint density at radius 3 is 2.54 bits per heavy atom. The van der Waals surface area contributed by atoms with Crippen molar-refractivity contribution in [1.29, 1.82) is 0 Å². The molecule has 1 amide bonds. The minimum Gasteiger partial charge on any atom is -0.310 e. The summed E-state index contributed by atoms with van der Waals surface area (Å²) in [5, 5.41) is 25.0. The highest BCUT2D eigenvalue weighted by Crippen LogP contribution is 2.29. The number of anilines is 1. The number of amides is 1. The van der Waals surface area contributed by atoms with Gasteiger partial charge in [-0.1, -0.05) is 19.1 Å². The van der Waals surface area contributed by atoms with Gasteiger partial charge < -0.3 is 4.57 Å². The third kappa shape index (κ3) is 3.39. The Bertz CT molecular complexity index is 1110. The van der Waals surface area contributed by atoms with E-state index in [1.54, 1.807) is 6.07 Å². The molecule has 0 aliphatic rings. The number of imidazole rings is 1. The molecule has 10 nitrogen and oxygen atoms in total. The van der Waals surface area contributed by atoms with Crippen molar-refractivity contribution in [2.75, 3.05) is 5.32 Å². The number of carbonyl (C=O) groups is 1. The van der Waals surface area contributed by atoms with E-state index >= 15 is 0 Å². The molecule has 1 N–H and O–H groups in total. The quantitative estimate of drug-likeness (QED) is 0.508. The van der Waals surface area contributed by atoms with Gasteiger partial charge in [0.2, 0.25) is 5.95 Å². The number of aryl methyl sites for hydroxylation is 1. The second kappa shape index (κ2) is 7.43. The number of aromatic nitrogens is 2. The van der Waals surface area contributed by atoms with E-state index in [-0.39, 0.29) is 17.1 Å². The van der Waals surface area contributed by atoms with E-state index in [9.17, 15) is 25.0 Å². The van der Waals surface area contributed by atoms with Crippen molar-refractivity contribution in [2.24, 2.45) is 0 Å². The molecule has 0 aliphatic carbocycles. The predicted molar refractivity (Wildman–Crippen MR) is 102 cm³/mol. The molecule has 0 unspecified atom stereocenters. The number of hydrogen-bond acceptors (Lipinski definition) is 6. The second-order valence-electron chi connectivity index (χ2n) is 6.18. The average molecular weight is 383 g/mol. The number of nitrogens with zero attached hydrogens (tertiary/aromatic N) is 4. The minimum absolute atomic E-state index is 0.0475. The fourth-order valence-corrected chi connectivity index (χ4v) is 3.00. The molecule has 0 bridgehead atoms. The van der Waals surface area contributed by atoms with Gasteiger partial charge >= 0.3 is 0 Å². The average Bonchev–Trinajstić information content (AvgIpc) is 2.99. The maximum absolute atomic E-state index is 12.8. The standard InChI is InChI=1S/C18H17N5O5/c1-3-8-21-15-7-5-4-6-14(15)19-18(21)20-17(24)13-9-12(22(25)26)10-16(11(13)2)23(27)28/h4-7,9-10H,3,8H2,1-2H3,(H,19,20,24). The van der Waals surface area contributed by atoms with Gasteiger partial charge in [-0.15, -0.1) is 0 Å². The van der Waals surface area contributed by atoms with Crippen LogP contribution in [0.15, 0.2) is 36.4 Å². The van der Waals surface area contributed by atoms with Crippen LogP contribution in [0.25, 0.3) is 11.0 Å². The zero-order valence-electron chi connectivity index (χ0n) is 15.2. The van der Waals surface area contributed by atoms with E-state index < -0.39 is 27.1 Å². The number of rotatable bonds is 6. The van der Waals surface area contributed by atoms with Crippen molar-refractivity contribution in [2.45, 2.75) is 26.8 Å². The smallest absolute Gasteiger partial charge is 0.279 e. The van der Waals surface area contributed by atoms with Gasteiger partial charge in [0.1, 0.15) is 0 Å². The fraction of sp³-hybridized carbons (Fsp3) is 0.222. The highest BCUT2D eigenvalue weighted by molar-refractivity contribution is 6.06. The van der Waals surface area contributed by atoms with E-state index in [1.807, 2.05) is 29.7 Å². The summed E-state index contributed by atoms with van der Waals surface area (Å²) in [6.07, 6.45) is 0.796. The summed E-state index contributed by atoms with van der Waals surface area (Å²) in [7, 11) is 0. The Kier molecular flexibility index (Phi) is 5.03. The second-order valence-corrected chi connectivity index (χ2v) is 6.18. The molecule has 1 heterocycles. The summed E-state index contributed by atoms with van der Waals surface area (Å²) in [6, 6.07) is 9.24. The Hall–Kier alpha value is -3.82. The topological polar surface area (TPSA) is 133 Å². The molecule has 0 saturated carbocycles. The van der Waals surface area contributed by atoms with Crippen LogP contribution in [-0.4, -0.2) is 25.3 Å². The molecule has 0 atom stereocenters. The summed E-state index contributed by atoms with van der Waals surface area (Å²) in [5.41, 5.74) is 0.419. The summed E-state index contributed by atoms with van der Waals surface area (Å²) in [5.74, 6) is -0.418. The first-order valence-electron chi connectivity index (χ1n) is 8.53. The van der Waals surface area contributed by atoms with Crippen molar-refractivity contribution in [1.82, 2.24) is 9.55 Å². The molecular weight excluding hydrogens is 366 g/mol. The van der Waals surface area contributed by atoms with Gasteiger partial charge in [-0.25, -0.2) is 4.98 Å².